The van der Waals surface area contributed by atoms with Crippen LogP contribution in [0.15, 0.2) is 76.9 Å². The molecule has 0 radical (unpaired) electrons. The third-order valence-corrected chi connectivity index (χ3v) is 5.31. The van der Waals surface area contributed by atoms with E-state index in [2.05, 4.69) is 28.8 Å². The highest BCUT2D eigenvalue weighted by Crippen LogP contribution is 2.18. The molecule has 0 aliphatic rings. The zero-order valence-corrected chi connectivity index (χ0v) is 15.2. The largest absolute Gasteiger partial charge is 0.467 e. The Hall–Kier alpha value is -2.79. The van der Waals surface area contributed by atoms with Crippen LogP contribution in [0.1, 0.15) is 17.1 Å². The summed E-state index contributed by atoms with van der Waals surface area (Å²) in [6, 6.07) is 18.2. The van der Waals surface area contributed by atoms with Gasteiger partial charge in [-0.05, 0) is 41.1 Å². The van der Waals surface area contributed by atoms with Crippen LogP contribution in [0.2, 0.25) is 0 Å². The normalized spacial score (nSPS) is 11.1. The van der Waals surface area contributed by atoms with Crippen molar-refractivity contribution in [3.63, 3.8) is 0 Å². The number of aromatic nitrogens is 1. The van der Waals surface area contributed by atoms with E-state index in [1.807, 2.05) is 46.8 Å². The average Bonchev–Trinajstić information content (AvgIpc) is 3.41. The molecule has 5 heteroatoms. The van der Waals surface area contributed by atoms with Gasteiger partial charge < -0.3 is 13.9 Å². The van der Waals surface area contributed by atoms with E-state index in [4.69, 9.17) is 4.42 Å². The number of thiophene rings is 1. The van der Waals surface area contributed by atoms with E-state index < -0.39 is 0 Å². The molecule has 0 saturated carbocycles. The van der Waals surface area contributed by atoms with Crippen LogP contribution < -0.4 is 0 Å². The molecule has 0 saturated heterocycles. The third-order valence-electron chi connectivity index (χ3n) is 4.45. The van der Waals surface area contributed by atoms with Crippen LogP contribution in [-0.4, -0.2) is 15.4 Å². The van der Waals surface area contributed by atoms with Gasteiger partial charge in [0.15, 0.2) is 0 Å². The molecule has 0 spiro atoms. The number of benzene rings is 1. The Morgan fingerprint density at radius 1 is 1.04 bits per heavy atom. The van der Waals surface area contributed by atoms with Gasteiger partial charge in [-0.3, -0.25) is 4.79 Å². The molecule has 4 aromatic rings. The number of carbonyl (C=O) groups excluding carboxylic acids is 1. The lowest BCUT2D eigenvalue weighted by atomic mass is 10.2. The van der Waals surface area contributed by atoms with Gasteiger partial charge in [0.1, 0.15) is 5.76 Å². The Kier molecular flexibility index (Phi) is 4.88. The molecule has 1 amide bonds. The fourth-order valence-corrected chi connectivity index (χ4v) is 3.84. The van der Waals surface area contributed by atoms with Crippen LogP contribution in [0.5, 0.6) is 0 Å². The second-order valence-electron chi connectivity index (χ2n) is 6.23. The number of nitrogens with zero attached hydrogens (tertiary/aromatic N) is 2. The summed E-state index contributed by atoms with van der Waals surface area (Å²) in [7, 11) is 0. The molecular weight excluding hydrogens is 344 g/mol. The molecule has 4 nitrogen and oxygen atoms in total. The van der Waals surface area contributed by atoms with Gasteiger partial charge in [-0.15, -0.1) is 11.3 Å². The van der Waals surface area contributed by atoms with E-state index >= 15 is 0 Å². The summed E-state index contributed by atoms with van der Waals surface area (Å²) < 4.78 is 7.59. The standard InChI is InChI=1S/C21H20N2O2S/c24-21(10-12-22-11-9-17-5-1-2-8-20(17)22)23(15-18-6-3-13-25-18)16-19-7-4-14-26-19/h1-9,11,13-14H,10,12,15-16H2. The van der Waals surface area contributed by atoms with Crippen molar-refractivity contribution in [2.45, 2.75) is 26.1 Å². The highest BCUT2D eigenvalue weighted by Gasteiger charge is 2.16. The molecule has 0 unspecified atom stereocenters. The molecule has 0 fully saturated rings. The molecule has 4 rings (SSSR count). The topological polar surface area (TPSA) is 38.4 Å². The quantitative estimate of drug-likeness (QED) is 0.467. The first-order valence-corrected chi connectivity index (χ1v) is 9.54. The number of hydrogen-bond acceptors (Lipinski definition) is 3. The fourth-order valence-electron chi connectivity index (χ4n) is 3.12. The lowest BCUT2D eigenvalue weighted by Gasteiger charge is -2.21. The van der Waals surface area contributed by atoms with Crippen molar-refractivity contribution >= 4 is 28.1 Å². The summed E-state index contributed by atoms with van der Waals surface area (Å²) >= 11 is 1.67. The SMILES string of the molecule is O=C(CCn1ccc2ccccc21)N(Cc1ccco1)Cc1cccs1. The number of carbonyl (C=O) groups is 1. The van der Waals surface area contributed by atoms with Gasteiger partial charge in [-0.2, -0.15) is 0 Å². The summed E-state index contributed by atoms with van der Waals surface area (Å²) in [5.74, 6) is 0.939. The number of amides is 1. The first-order valence-electron chi connectivity index (χ1n) is 8.66. The van der Waals surface area contributed by atoms with Crippen molar-refractivity contribution in [2.75, 3.05) is 0 Å². The molecular formula is C21H20N2O2S. The number of furan rings is 1. The van der Waals surface area contributed by atoms with Gasteiger partial charge in [-0.1, -0.05) is 24.3 Å². The predicted octanol–water partition coefficient (Wildman–Crippen LogP) is 4.91. The van der Waals surface area contributed by atoms with Crippen molar-refractivity contribution in [2.24, 2.45) is 0 Å². The molecule has 0 bridgehead atoms. The zero-order valence-electron chi connectivity index (χ0n) is 14.4. The van der Waals surface area contributed by atoms with E-state index in [9.17, 15) is 4.79 Å². The third kappa shape index (κ3) is 3.73. The van der Waals surface area contributed by atoms with Gasteiger partial charge in [0.25, 0.3) is 0 Å². The van der Waals surface area contributed by atoms with Crippen LogP contribution >= 0.6 is 11.3 Å². The summed E-state index contributed by atoms with van der Waals surface area (Å²) in [6.45, 7) is 1.78. The van der Waals surface area contributed by atoms with Crippen molar-refractivity contribution in [1.82, 2.24) is 9.47 Å². The second kappa shape index (κ2) is 7.62. The van der Waals surface area contributed by atoms with Crippen LogP contribution in [0.4, 0.5) is 0 Å². The zero-order chi connectivity index (χ0) is 17.8. The Morgan fingerprint density at radius 2 is 1.96 bits per heavy atom. The molecule has 0 N–H and O–H groups in total. The van der Waals surface area contributed by atoms with Gasteiger partial charge in [-0.25, -0.2) is 0 Å². The van der Waals surface area contributed by atoms with E-state index in [0.29, 0.717) is 26.1 Å². The van der Waals surface area contributed by atoms with Crippen molar-refractivity contribution in [1.29, 1.82) is 0 Å². The molecule has 3 aromatic heterocycles. The van der Waals surface area contributed by atoms with Crippen LogP contribution in [0, 0.1) is 0 Å². The van der Waals surface area contributed by atoms with E-state index in [1.54, 1.807) is 17.6 Å². The number of para-hydroxylation sites is 1. The lowest BCUT2D eigenvalue weighted by molar-refractivity contribution is -0.132. The van der Waals surface area contributed by atoms with Crippen LogP contribution in [0.3, 0.4) is 0 Å². The summed E-state index contributed by atoms with van der Waals surface area (Å²) in [6.07, 6.45) is 4.16. The lowest BCUT2D eigenvalue weighted by Crippen LogP contribution is -2.30. The molecule has 0 aliphatic carbocycles. The van der Waals surface area contributed by atoms with Crippen LogP contribution in [-0.2, 0) is 24.4 Å². The molecule has 132 valence electrons. The van der Waals surface area contributed by atoms with Gasteiger partial charge in [0.05, 0.1) is 19.4 Å². The number of hydrogen-bond donors (Lipinski definition) is 0. The highest BCUT2D eigenvalue weighted by molar-refractivity contribution is 7.09. The number of fused-ring (bicyclic) bond motifs is 1. The first kappa shape index (κ1) is 16.7. The molecule has 3 heterocycles. The fraction of sp³-hybridized carbons (Fsp3) is 0.190. The average molecular weight is 364 g/mol. The minimum Gasteiger partial charge on any atom is -0.467 e. The highest BCUT2D eigenvalue weighted by atomic mass is 32.1. The number of rotatable bonds is 7. The smallest absolute Gasteiger partial charge is 0.225 e. The maximum absolute atomic E-state index is 12.9. The molecule has 0 atom stereocenters. The van der Waals surface area contributed by atoms with Gasteiger partial charge >= 0.3 is 0 Å². The van der Waals surface area contributed by atoms with Crippen molar-refractivity contribution in [3.8, 4) is 0 Å². The molecule has 1 aromatic carbocycles. The van der Waals surface area contributed by atoms with Crippen molar-refractivity contribution in [3.05, 3.63) is 83.1 Å². The summed E-state index contributed by atoms with van der Waals surface area (Å²) in [4.78, 5) is 16.0. The number of aryl methyl sites for hydroxylation is 1. The first-order chi connectivity index (χ1) is 12.8. The maximum atomic E-state index is 12.9. The predicted molar refractivity (Wildman–Crippen MR) is 104 cm³/mol. The molecule has 26 heavy (non-hydrogen) atoms. The van der Waals surface area contributed by atoms with Crippen LogP contribution in [0.25, 0.3) is 10.9 Å². The summed E-state index contributed by atoms with van der Waals surface area (Å²) in [5.41, 5.74) is 1.16. The maximum Gasteiger partial charge on any atom is 0.225 e. The van der Waals surface area contributed by atoms with E-state index in [0.717, 1.165) is 11.3 Å². The molecule has 0 aliphatic heterocycles. The van der Waals surface area contributed by atoms with Crippen molar-refractivity contribution < 1.29 is 9.21 Å². The van der Waals surface area contributed by atoms with Gasteiger partial charge in [0, 0.05) is 29.6 Å². The van der Waals surface area contributed by atoms with E-state index in [-0.39, 0.29) is 5.91 Å². The monoisotopic (exact) mass is 364 g/mol. The Morgan fingerprint density at radius 3 is 2.77 bits per heavy atom. The minimum atomic E-state index is 0.132. The second-order valence-corrected chi connectivity index (χ2v) is 7.26. The Labute approximate surface area is 156 Å². The minimum absolute atomic E-state index is 0.132. The Bertz CT molecular complexity index is 934. The van der Waals surface area contributed by atoms with E-state index in [1.165, 1.54) is 10.3 Å². The Balaban J connectivity index is 1.46. The summed E-state index contributed by atoms with van der Waals surface area (Å²) in [5, 5.41) is 3.24. The van der Waals surface area contributed by atoms with Gasteiger partial charge in [0.2, 0.25) is 5.91 Å².